The fourth-order valence-corrected chi connectivity index (χ4v) is 1.29. The largest absolute Gasteiger partial charge is 0.416 e. The molecule has 0 aliphatic rings. The van der Waals surface area contributed by atoms with Gasteiger partial charge < -0.3 is 16.2 Å². The summed E-state index contributed by atoms with van der Waals surface area (Å²) >= 11 is 0. The van der Waals surface area contributed by atoms with E-state index >= 15 is 0 Å². The number of carbonyl (C=O) groups is 1. The summed E-state index contributed by atoms with van der Waals surface area (Å²) in [6, 6.07) is 2.72. The number of aliphatic hydroxyl groups excluding tert-OH is 1. The zero-order valence-corrected chi connectivity index (χ0v) is 9.42. The van der Waals surface area contributed by atoms with Crippen molar-refractivity contribution < 1.29 is 23.1 Å². The number of carbonyl (C=O) groups excluding carboxylic acids is 1. The Morgan fingerprint density at radius 3 is 2.61 bits per heavy atom. The lowest BCUT2D eigenvalue weighted by Crippen LogP contribution is -2.14. The summed E-state index contributed by atoms with van der Waals surface area (Å²) in [5.41, 5.74) is 4.58. The van der Waals surface area contributed by atoms with Crippen LogP contribution in [0, 0.1) is 0 Å². The topological polar surface area (TPSA) is 75.3 Å². The molecule has 1 aromatic carbocycles. The van der Waals surface area contributed by atoms with Crippen molar-refractivity contribution in [1.29, 1.82) is 0 Å². The first kappa shape index (κ1) is 14.3. The first-order valence-electron chi connectivity index (χ1n) is 5.22. The molecule has 0 bridgehead atoms. The van der Waals surface area contributed by atoms with Gasteiger partial charge in [-0.25, -0.2) is 0 Å². The molecule has 7 heteroatoms. The minimum atomic E-state index is -4.49. The number of nitrogens with one attached hydrogen (secondary N) is 1. The van der Waals surface area contributed by atoms with E-state index in [1.807, 2.05) is 0 Å². The van der Waals surface area contributed by atoms with Gasteiger partial charge in [-0.2, -0.15) is 13.2 Å². The first-order chi connectivity index (χ1) is 8.34. The minimum absolute atomic E-state index is 0.0200. The number of nitrogen functional groups attached to an aromatic ring is 1. The third-order valence-corrected chi connectivity index (χ3v) is 2.22. The predicted molar refractivity (Wildman–Crippen MR) is 60.8 cm³/mol. The van der Waals surface area contributed by atoms with E-state index in [0.29, 0.717) is 0 Å². The zero-order valence-electron chi connectivity index (χ0n) is 9.42. The third-order valence-electron chi connectivity index (χ3n) is 2.22. The second-order valence-corrected chi connectivity index (χ2v) is 3.68. The van der Waals surface area contributed by atoms with Crippen molar-refractivity contribution in [2.45, 2.75) is 19.0 Å². The van der Waals surface area contributed by atoms with Gasteiger partial charge in [0.25, 0.3) is 0 Å². The van der Waals surface area contributed by atoms with E-state index in [9.17, 15) is 18.0 Å². The van der Waals surface area contributed by atoms with Crippen LogP contribution in [0.3, 0.4) is 0 Å². The fraction of sp³-hybridized carbons (Fsp3) is 0.364. The van der Waals surface area contributed by atoms with Gasteiger partial charge >= 0.3 is 6.18 Å². The Balaban J connectivity index is 2.85. The van der Waals surface area contributed by atoms with E-state index in [2.05, 4.69) is 5.32 Å². The Morgan fingerprint density at radius 2 is 2.06 bits per heavy atom. The summed E-state index contributed by atoms with van der Waals surface area (Å²) in [5, 5.41) is 10.8. The molecule has 100 valence electrons. The van der Waals surface area contributed by atoms with Gasteiger partial charge in [-0.15, -0.1) is 0 Å². The summed E-state index contributed by atoms with van der Waals surface area (Å²) in [5.74, 6) is -0.491. The van der Waals surface area contributed by atoms with Gasteiger partial charge in [0.15, 0.2) is 0 Å². The molecule has 4 nitrogen and oxygen atoms in total. The quantitative estimate of drug-likeness (QED) is 0.726. The summed E-state index contributed by atoms with van der Waals surface area (Å²) in [4.78, 5) is 11.3. The van der Waals surface area contributed by atoms with E-state index in [-0.39, 0.29) is 30.8 Å². The Kier molecular flexibility index (Phi) is 4.55. The Bertz CT molecular complexity index is 433. The van der Waals surface area contributed by atoms with E-state index in [4.69, 9.17) is 10.8 Å². The standard InChI is InChI=1S/C11H13F3N2O2/c12-11(13,14)7-3-4-8(15)9(6-7)16-10(18)2-1-5-17/h3-4,6,17H,1-2,5,15H2,(H,16,18). The lowest BCUT2D eigenvalue weighted by molar-refractivity contribution is -0.137. The van der Waals surface area contributed by atoms with Crippen LogP contribution in [0.15, 0.2) is 18.2 Å². The number of amides is 1. The molecule has 0 aliphatic heterocycles. The maximum Gasteiger partial charge on any atom is 0.416 e. The van der Waals surface area contributed by atoms with Crippen molar-refractivity contribution in [2.75, 3.05) is 17.7 Å². The van der Waals surface area contributed by atoms with Crippen molar-refractivity contribution in [2.24, 2.45) is 0 Å². The molecule has 18 heavy (non-hydrogen) atoms. The monoisotopic (exact) mass is 262 g/mol. The van der Waals surface area contributed by atoms with Crippen molar-refractivity contribution in [1.82, 2.24) is 0 Å². The summed E-state index contributed by atoms with van der Waals surface area (Å²) in [7, 11) is 0. The van der Waals surface area contributed by atoms with Gasteiger partial charge in [0.1, 0.15) is 0 Å². The van der Waals surface area contributed by atoms with Crippen molar-refractivity contribution in [3.63, 3.8) is 0 Å². The van der Waals surface area contributed by atoms with Gasteiger partial charge in [0, 0.05) is 13.0 Å². The highest BCUT2D eigenvalue weighted by atomic mass is 19.4. The molecule has 1 aromatic rings. The van der Waals surface area contributed by atoms with Crippen LogP contribution in [0.5, 0.6) is 0 Å². The molecule has 0 saturated carbocycles. The summed E-state index contributed by atoms with van der Waals surface area (Å²) in [6.45, 7) is -0.161. The second-order valence-electron chi connectivity index (χ2n) is 3.68. The number of rotatable bonds is 4. The number of anilines is 2. The highest BCUT2D eigenvalue weighted by Crippen LogP contribution is 2.33. The molecule has 0 unspecified atom stereocenters. The lowest BCUT2D eigenvalue weighted by atomic mass is 10.1. The van der Waals surface area contributed by atoms with Crippen LogP contribution in [0.2, 0.25) is 0 Å². The van der Waals surface area contributed by atoms with Crippen LogP contribution in [-0.2, 0) is 11.0 Å². The van der Waals surface area contributed by atoms with E-state index in [1.165, 1.54) is 0 Å². The number of nitrogens with two attached hydrogens (primary N) is 1. The minimum Gasteiger partial charge on any atom is -0.397 e. The number of hydrogen-bond donors (Lipinski definition) is 3. The van der Waals surface area contributed by atoms with Gasteiger partial charge in [-0.05, 0) is 24.6 Å². The zero-order chi connectivity index (χ0) is 13.8. The molecular weight excluding hydrogens is 249 g/mol. The Labute approximate surface area is 102 Å². The maximum atomic E-state index is 12.5. The molecule has 1 amide bonds. The first-order valence-corrected chi connectivity index (χ1v) is 5.22. The molecule has 0 radical (unpaired) electrons. The maximum absolute atomic E-state index is 12.5. The van der Waals surface area contributed by atoms with Gasteiger partial charge in [-0.3, -0.25) is 4.79 Å². The molecule has 0 fully saturated rings. The molecule has 4 N–H and O–H groups in total. The highest BCUT2D eigenvalue weighted by Gasteiger charge is 2.31. The van der Waals surface area contributed by atoms with Crippen LogP contribution in [0.25, 0.3) is 0 Å². The number of halogens is 3. The van der Waals surface area contributed by atoms with Gasteiger partial charge in [-0.1, -0.05) is 0 Å². The molecule has 0 aliphatic carbocycles. The van der Waals surface area contributed by atoms with Crippen LogP contribution in [0.1, 0.15) is 18.4 Å². The average molecular weight is 262 g/mol. The van der Waals surface area contributed by atoms with Gasteiger partial charge in [0.2, 0.25) is 5.91 Å². The number of hydrogen-bond acceptors (Lipinski definition) is 3. The highest BCUT2D eigenvalue weighted by molar-refractivity contribution is 5.93. The molecule has 0 saturated heterocycles. The van der Waals surface area contributed by atoms with Crippen LogP contribution in [0.4, 0.5) is 24.5 Å². The lowest BCUT2D eigenvalue weighted by Gasteiger charge is -2.12. The molecule has 1 rings (SSSR count). The average Bonchev–Trinajstić information content (AvgIpc) is 2.28. The van der Waals surface area contributed by atoms with Crippen LogP contribution in [-0.4, -0.2) is 17.6 Å². The smallest absolute Gasteiger partial charge is 0.397 e. The van der Waals surface area contributed by atoms with Gasteiger partial charge in [0.05, 0.1) is 16.9 Å². The van der Waals surface area contributed by atoms with Crippen molar-refractivity contribution >= 4 is 17.3 Å². The number of aliphatic hydroxyl groups is 1. The van der Waals surface area contributed by atoms with Crippen molar-refractivity contribution in [3.8, 4) is 0 Å². The summed E-state index contributed by atoms with van der Waals surface area (Å²) in [6.07, 6.45) is -4.23. The molecule has 0 heterocycles. The Morgan fingerprint density at radius 1 is 1.39 bits per heavy atom. The molecule has 0 spiro atoms. The SMILES string of the molecule is Nc1ccc(C(F)(F)F)cc1NC(=O)CCCO. The fourth-order valence-electron chi connectivity index (χ4n) is 1.29. The molecular formula is C11H13F3N2O2. The summed E-state index contributed by atoms with van der Waals surface area (Å²) < 4.78 is 37.4. The molecule has 0 atom stereocenters. The third kappa shape index (κ3) is 3.92. The molecule has 0 aromatic heterocycles. The van der Waals surface area contributed by atoms with Crippen LogP contribution < -0.4 is 11.1 Å². The number of benzene rings is 1. The van der Waals surface area contributed by atoms with Crippen LogP contribution >= 0.6 is 0 Å². The second kappa shape index (κ2) is 5.72. The number of alkyl halides is 3. The van der Waals surface area contributed by atoms with Crippen molar-refractivity contribution in [3.05, 3.63) is 23.8 Å². The Hall–Kier alpha value is -1.76. The van der Waals surface area contributed by atoms with E-state index < -0.39 is 17.6 Å². The normalized spacial score (nSPS) is 11.3. The predicted octanol–water partition coefficient (Wildman–Crippen LogP) is 2.00. The van der Waals surface area contributed by atoms with E-state index in [0.717, 1.165) is 18.2 Å². The van der Waals surface area contributed by atoms with E-state index in [1.54, 1.807) is 0 Å².